The van der Waals surface area contributed by atoms with E-state index in [-0.39, 0.29) is 0 Å². The van der Waals surface area contributed by atoms with Crippen LogP contribution in [0.15, 0.2) is 0 Å². The van der Waals surface area contributed by atoms with Gasteiger partial charge in [-0.05, 0) is 19.3 Å². The molecular weight excluding hydrogens is 200 g/mol. The SMILES string of the molecule is CCCC(C)Nc1c(N)c(C(C)C)nn1C. The lowest BCUT2D eigenvalue weighted by Gasteiger charge is -2.14. The summed E-state index contributed by atoms with van der Waals surface area (Å²) in [6, 6.07) is 0.433. The minimum absolute atomic E-state index is 0.364. The number of nitrogens with two attached hydrogens (primary N) is 1. The van der Waals surface area contributed by atoms with Gasteiger partial charge < -0.3 is 11.1 Å². The van der Waals surface area contributed by atoms with E-state index < -0.39 is 0 Å². The molecule has 16 heavy (non-hydrogen) atoms. The summed E-state index contributed by atoms with van der Waals surface area (Å²) in [5.74, 6) is 1.31. The lowest BCUT2D eigenvalue weighted by molar-refractivity contribution is 0.666. The highest BCUT2D eigenvalue weighted by Crippen LogP contribution is 2.28. The molecule has 0 fully saturated rings. The van der Waals surface area contributed by atoms with Crippen molar-refractivity contribution in [2.24, 2.45) is 7.05 Å². The van der Waals surface area contributed by atoms with E-state index >= 15 is 0 Å². The molecular formula is C12H24N4. The van der Waals surface area contributed by atoms with Crippen LogP contribution in [0.4, 0.5) is 11.5 Å². The quantitative estimate of drug-likeness (QED) is 0.808. The Bertz CT molecular complexity index is 341. The lowest BCUT2D eigenvalue weighted by atomic mass is 10.1. The highest BCUT2D eigenvalue weighted by molar-refractivity contribution is 5.66. The Morgan fingerprint density at radius 2 is 2.00 bits per heavy atom. The molecule has 4 heteroatoms. The molecule has 1 aromatic rings. The van der Waals surface area contributed by atoms with Gasteiger partial charge in [0.15, 0.2) is 0 Å². The molecule has 1 aromatic heterocycles. The third-order valence-electron chi connectivity index (χ3n) is 2.76. The van der Waals surface area contributed by atoms with E-state index in [1.165, 1.54) is 6.42 Å². The van der Waals surface area contributed by atoms with Crippen LogP contribution in [-0.2, 0) is 7.05 Å². The van der Waals surface area contributed by atoms with Gasteiger partial charge in [-0.3, -0.25) is 4.68 Å². The summed E-state index contributed by atoms with van der Waals surface area (Å²) in [7, 11) is 1.93. The first-order valence-corrected chi connectivity index (χ1v) is 6.06. The molecule has 4 nitrogen and oxygen atoms in total. The third kappa shape index (κ3) is 2.68. The Kier molecular flexibility index (Phi) is 4.21. The number of aromatic nitrogens is 2. The summed E-state index contributed by atoms with van der Waals surface area (Å²) in [6.45, 7) is 8.57. The zero-order chi connectivity index (χ0) is 12.3. The molecule has 0 saturated heterocycles. The Morgan fingerprint density at radius 3 is 2.44 bits per heavy atom. The van der Waals surface area contributed by atoms with Gasteiger partial charge in [-0.25, -0.2) is 0 Å². The molecule has 0 saturated carbocycles. The normalized spacial score (nSPS) is 13.1. The van der Waals surface area contributed by atoms with Gasteiger partial charge in [0.2, 0.25) is 0 Å². The molecule has 0 aromatic carbocycles. The average molecular weight is 224 g/mol. The summed E-state index contributed by atoms with van der Waals surface area (Å²) < 4.78 is 1.84. The fraction of sp³-hybridized carbons (Fsp3) is 0.750. The fourth-order valence-corrected chi connectivity index (χ4v) is 1.90. The number of nitrogens with zero attached hydrogens (tertiary/aromatic N) is 2. The van der Waals surface area contributed by atoms with Crippen molar-refractivity contribution in [2.75, 3.05) is 11.1 Å². The van der Waals surface area contributed by atoms with Crippen LogP contribution in [0, 0.1) is 0 Å². The van der Waals surface area contributed by atoms with Crippen molar-refractivity contribution in [2.45, 2.75) is 52.5 Å². The van der Waals surface area contributed by atoms with Gasteiger partial charge in [-0.2, -0.15) is 5.10 Å². The Balaban J connectivity index is 2.88. The van der Waals surface area contributed by atoms with Crippen molar-refractivity contribution in [3.63, 3.8) is 0 Å². The molecule has 0 aliphatic heterocycles. The van der Waals surface area contributed by atoms with Crippen LogP contribution in [0.1, 0.15) is 52.1 Å². The fourth-order valence-electron chi connectivity index (χ4n) is 1.90. The minimum Gasteiger partial charge on any atom is -0.394 e. The van der Waals surface area contributed by atoms with Crippen molar-refractivity contribution in [3.05, 3.63) is 5.69 Å². The van der Waals surface area contributed by atoms with E-state index in [1.807, 2.05) is 11.7 Å². The van der Waals surface area contributed by atoms with Crippen molar-refractivity contribution < 1.29 is 0 Å². The number of anilines is 2. The van der Waals surface area contributed by atoms with Gasteiger partial charge in [0.1, 0.15) is 5.82 Å². The standard InChI is InChI=1S/C12H24N4/c1-6-7-9(4)14-12-10(13)11(8(2)3)15-16(12)5/h8-9,14H,6-7,13H2,1-5H3. The van der Waals surface area contributed by atoms with Crippen LogP contribution < -0.4 is 11.1 Å². The van der Waals surface area contributed by atoms with E-state index in [4.69, 9.17) is 5.73 Å². The van der Waals surface area contributed by atoms with Crippen LogP contribution in [0.5, 0.6) is 0 Å². The minimum atomic E-state index is 0.364. The third-order valence-corrected chi connectivity index (χ3v) is 2.76. The van der Waals surface area contributed by atoms with Gasteiger partial charge in [0.05, 0.1) is 11.4 Å². The predicted molar refractivity (Wildman–Crippen MR) is 69.7 cm³/mol. The van der Waals surface area contributed by atoms with Gasteiger partial charge in [-0.15, -0.1) is 0 Å². The zero-order valence-corrected chi connectivity index (χ0v) is 11.0. The van der Waals surface area contributed by atoms with E-state index in [1.54, 1.807) is 0 Å². The number of hydrogen-bond donors (Lipinski definition) is 2. The second-order valence-electron chi connectivity index (χ2n) is 4.76. The van der Waals surface area contributed by atoms with E-state index in [9.17, 15) is 0 Å². The maximum Gasteiger partial charge on any atom is 0.147 e. The number of nitrogens with one attached hydrogen (secondary N) is 1. The van der Waals surface area contributed by atoms with Crippen LogP contribution in [0.3, 0.4) is 0 Å². The summed E-state index contributed by atoms with van der Waals surface area (Å²) >= 11 is 0. The second kappa shape index (κ2) is 5.23. The summed E-state index contributed by atoms with van der Waals surface area (Å²) in [5, 5.41) is 7.88. The van der Waals surface area contributed by atoms with Gasteiger partial charge in [0.25, 0.3) is 0 Å². The summed E-state index contributed by atoms with van der Waals surface area (Å²) in [5.41, 5.74) is 7.88. The zero-order valence-electron chi connectivity index (χ0n) is 11.0. The van der Waals surface area contributed by atoms with E-state index in [2.05, 4.69) is 38.1 Å². The molecule has 0 bridgehead atoms. The van der Waals surface area contributed by atoms with Gasteiger partial charge in [-0.1, -0.05) is 27.2 Å². The first kappa shape index (κ1) is 12.9. The molecule has 0 spiro atoms. The van der Waals surface area contributed by atoms with Crippen LogP contribution in [0.25, 0.3) is 0 Å². The van der Waals surface area contributed by atoms with Crippen molar-refractivity contribution in [1.29, 1.82) is 0 Å². The number of nitrogen functional groups attached to an aromatic ring is 1. The summed E-state index contributed by atoms with van der Waals surface area (Å²) in [6.07, 6.45) is 2.31. The highest BCUT2D eigenvalue weighted by atomic mass is 15.3. The van der Waals surface area contributed by atoms with Crippen molar-refractivity contribution in [3.8, 4) is 0 Å². The van der Waals surface area contributed by atoms with E-state index in [0.717, 1.165) is 23.6 Å². The average Bonchev–Trinajstić information content (AvgIpc) is 2.46. The van der Waals surface area contributed by atoms with Crippen LogP contribution in [-0.4, -0.2) is 15.8 Å². The molecule has 1 heterocycles. The summed E-state index contributed by atoms with van der Waals surface area (Å²) in [4.78, 5) is 0. The van der Waals surface area contributed by atoms with Gasteiger partial charge in [0, 0.05) is 13.1 Å². The van der Waals surface area contributed by atoms with Crippen molar-refractivity contribution >= 4 is 11.5 Å². The maximum absolute atomic E-state index is 6.10. The molecule has 0 radical (unpaired) electrons. The molecule has 0 aliphatic rings. The lowest BCUT2D eigenvalue weighted by Crippen LogP contribution is -2.17. The topological polar surface area (TPSA) is 55.9 Å². The molecule has 0 amide bonds. The first-order valence-electron chi connectivity index (χ1n) is 6.06. The Hall–Kier alpha value is -1.19. The molecule has 1 atom stereocenters. The monoisotopic (exact) mass is 224 g/mol. The number of rotatable bonds is 5. The van der Waals surface area contributed by atoms with Crippen LogP contribution in [0.2, 0.25) is 0 Å². The maximum atomic E-state index is 6.10. The molecule has 92 valence electrons. The largest absolute Gasteiger partial charge is 0.394 e. The number of aryl methyl sites for hydroxylation is 1. The van der Waals surface area contributed by atoms with E-state index in [0.29, 0.717) is 12.0 Å². The molecule has 1 rings (SSSR count). The smallest absolute Gasteiger partial charge is 0.147 e. The molecule has 0 aliphatic carbocycles. The Labute approximate surface area is 98.2 Å². The predicted octanol–water partition coefficient (Wildman–Crippen LogP) is 2.73. The highest BCUT2D eigenvalue weighted by Gasteiger charge is 2.16. The molecule has 3 N–H and O–H groups in total. The van der Waals surface area contributed by atoms with Gasteiger partial charge >= 0.3 is 0 Å². The van der Waals surface area contributed by atoms with Crippen molar-refractivity contribution in [1.82, 2.24) is 9.78 Å². The Morgan fingerprint density at radius 1 is 1.38 bits per heavy atom. The number of hydrogen-bond acceptors (Lipinski definition) is 3. The van der Waals surface area contributed by atoms with Crippen LogP contribution >= 0.6 is 0 Å². The first-order chi connectivity index (χ1) is 7.47. The second-order valence-corrected chi connectivity index (χ2v) is 4.76. The molecule has 1 unspecified atom stereocenters.